The van der Waals surface area contributed by atoms with E-state index in [0.717, 1.165) is 4.31 Å². The highest BCUT2D eigenvalue weighted by Crippen LogP contribution is 2.26. The quantitative estimate of drug-likeness (QED) is 0.749. The number of hydrogen-bond acceptors (Lipinski definition) is 5. The molecular formula is C14H17BrN2O5S. The van der Waals surface area contributed by atoms with Gasteiger partial charge in [0.1, 0.15) is 6.04 Å². The molecule has 23 heavy (non-hydrogen) atoms. The van der Waals surface area contributed by atoms with Gasteiger partial charge >= 0.3 is 5.97 Å². The lowest BCUT2D eigenvalue weighted by Gasteiger charge is -2.33. The van der Waals surface area contributed by atoms with E-state index in [-0.39, 0.29) is 24.4 Å². The maximum atomic E-state index is 13.0. The zero-order chi connectivity index (χ0) is 17.2. The van der Waals surface area contributed by atoms with Gasteiger partial charge in [-0.25, -0.2) is 8.42 Å². The van der Waals surface area contributed by atoms with Crippen molar-refractivity contribution in [3.63, 3.8) is 0 Å². The van der Waals surface area contributed by atoms with Gasteiger partial charge in [0.2, 0.25) is 15.9 Å². The van der Waals surface area contributed by atoms with Crippen LogP contribution in [0, 0.1) is 6.92 Å². The number of halogens is 1. The van der Waals surface area contributed by atoms with Crippen LogP contribution >= 0.6 is 15.9 Å². The molecule has 1 amide bonds. The molecule has 7 nitrogen and oxygen atoms in total. The van der Waals surface area contributed by atoms with Gasteiger partial charge in [-0.15, -0.1) is 0 Å². The number of piperazine rings is 1. The van der Waals surface area contributed by atoms with Gasteiger partial charge in [0.15, 0.2) is 0 Å². The Hall–Kier alpha value is -1.45. The number of esters is 1. The molecule has 1 aliphatic rings. The summed E-state index contributed by atoms with van der Waals surface area (Å²) in [4.78, 5) is 23.7. The number of amides is 1. The maximum Gasteiger partial charge on any atom is 0.307 e. The van der Waals surface area contributed by atoms with Crippen molar-refractivity contribution in [2.45, 2.75) is 24.3 Å². The van der Waals surface area contributed by atoms with Crippen LogP contribution in [-0.4, -0.2) is 50.8 Å². The summed E-state index contributed by atoms with van der Waals surface area (Å²) in [5, 5.41) is 2.58. The van der Waals surface area contributed by atoms with Crippen molar-refractivity contribution in [1.82, 2.24) is 9.62 Å². The highest BCUT2D eigenvalue weighted by molar-refractivity contribution is 9.10. The monoisotopic (exact) mass is 404 g/mol. The van der Waals surface area contributed by atoms with E-state index in [0.29, 0.717) is 10.0 Å². The third-order valence-electron chi connectivity index (χ3n) is 3.61. The van der Waals surface area contributed by atoms with Crippen molar-refractivity contribution in [1.29, 1.82) is 0 Å². The first-order valence-electron chi connectivity index (χ1n) is 6.90. The van der Waals surface area contributed by atoms with E-state index >= 15 is 0 Å². The predicted octanol–water partition coefficient (Wildman–Crippen LogP) is 0.810. The molecule has 1 atom stereocenters. The number of nitrogens with zero attached hydrogens (tertiary/aromatic N) is 1. The molecule has 0 bridgehead atoms. The van der Waals surface area contributed by atoms with Crippen LogP contribution in [-0.2, 0) is 24.3 Å². The van der Waals surface area contributed by atoms with Crippen molar-refractivity contribution in [2.24, 2.45) is 0 Å². The van der Waals surface area contributed by atoms with Gasteiger partial charge in [-0.3, -0.25) is 9.59 Å². The Kier molecular flexibility index (Phi) is 5.43. The smallest absolute Gasteiger partial charge is 0.307 e. The fraction of sp³-hybridized carbons (Fsp3) is 0.429. The van der Waals surface area contributed by atoms with Crippen molar-refractivity contribution in [2.75, 3.05) is 20.2 Å². The number of sulfonamides is 1. The zero-order valence-electron chi connectivity index (χ0n) is 12.7. The molecule has 0 unspecified atom stereocenters. The van der Waals surface area contributed by atoms with Crippen LogP contribution in [0.1, 0.15) is 12.0 Å². The Morgan fingerprint density at radius 3 is 2.83 bits per heavy atom. The largest absolute Gasteiger partial charge is 0.469 e. The first-order valence-corrected chi connectivity index (χ1v) is 9.13. The third-order valence-corrected chi connectivity index (χ3v) is 6.15. The number of carbonyl (C=O) groups excluding carboxylic acids is 2. The van der Waals surface area contributed by atoms with Gasteiger partial charge in [-0.2, -0.15) is 4.31 Å². The molecule has 0 spiro atoms. The molecule has 1 aromatic carbocycles. The van der Waals surface area contributed by atoms with E-state index in [9.17, 15) is 18.0 Å². The van der Waals surface area contributed by atoms with Crippen LogP contribution < -0.4 is 5.32 Å². The second-order valence-corrected chi connectivity index (χ2v) is 7.89. The Morgan fingerprint density at radius 2 is 2.17 bits per heavy atom. The number of nitrogens with one attached hydrogen (secondary N) is 1. The first kappa shape index (κ1) is 17.9. The van der Waals surface area contributed by atoms with Crippen molar-refractivity contribution >= 4 is 37.8 Å². The van der Waals surface area contributed by atoms with Crippen LogP contribution in [0.25, 0.3) is 0 Å². The second kappa shape index (κ2) is 6.98. The normalized spacial score (nSPS) is 19.3. The number of benzene rings is 1. The van der Waals surface area contributed by atoms with E-state index < -0.39 is 27.9 Å². The third kappa shape index (κ3) is 3.73. The number of carbonyl (C=O) groups is 2. The summed E-state index contributed by atoms with van der Waals surface area (Å²) in [6.07, 6.45) is -0.325. The molecule has 1 N–H and O–H groups in total. The molecule has 1 saturated heterocycles. The van der Waals surface area contributed by atoms with Crippen molar-refractivity contribution < 1.29 is 22.7 Å². The van der Waals surface area contributed by atoms with Gasteiger partial charge in [0, 0.05) is 17.6 Å². The SMILES string of the molecule is COC(=O)C[C@@H]1C(=O)NCCN1S(=O)(=O)c1cc(Br)ccc1C. The zero-order valence-corrected chi connectivity index (χ0v) is 15.1. The van der Waals surface area contributed by atoms with Gasteiger partial charge in [0.25, 0.3) is 0 Å². The predicted molar refractivity (Wildman–Crippen MR) is 86.2 cm³/mol. The lowest BCUT2D eigenvalue weighted by Crippen LogP contribution is -2.57. The molecule has 9 heteroatoms. The van der Waals surface area contributed by atoms with Crippen molar-refractivity contribution in [3.05, 3.63) is 28.2 Å². The van der Waals surface area contributed by atoms with E-state index in [1.807, 2.05) is 0 Å². The topological polar surface area (TPSA) is 92.8 Å². The first-order chi connectivity index (χ1) is 10.8. The van der Waals surface area contributed by atoms with Crippen molar-refractivity contribution in [3.8, 4) is 0 Å². The number of aryl methyl sites for hydroxylation is 1. The summed E-state index contributed by atoms with van der Waals surface area (Å²) in [5.74, 6) is -1.14. The Balaban J connectivity index is 2.44. The molecule has 0 radical (unpaired) electrons. The van der Waals surface area contributed by atoms with E-state index in [1.54, 1.807) is 19.1 Å². The summed E-state index contributed by atoms with van der Waals surface area (Å²) in [7, 11) is -2.72. The van der Waals surface area contributed by atoms with E-state index in [2.05, 4.69) is 26.0 Å². The molecule has 0 aliphatic carbocycles. The summed E-state index contributed by atoms with van der Waals surface area (Å²) in [6.45, 7) is 1.98. The van der Waals surface area contributed by atoms with Gasteiger partial charge < -0.3 is 10.1 Å². The lowest BCUT2D eigenvalue weighted by atomic mass is 10.1. The van der Waals surface area contributed by atoms with Crippen LogP contribution in [0.5, 0.6) is 0 Å². The standard InChI is InChI=1S/C14H17BrN2O5S/c1-9-3-4-10(15)7-12(9)23(20,21)17-6-5-16-14(19)11(17)8-13(18)22-2/h3-4,7,11H,5-6,8H2,1-2H3,(H,16,19)/t11-/m1/s1. The number of rotatable bonds is 4. The minimum absolute atomic E-state index is 0.0989. The average molecular weight is 405 g/mol. The Bertz CT molecular complexity index is 735. The minimum Gasteiger partial charge on any atom is -0.469 e. The highest BCUT2D eigenvalue weighted by Gasteiger charge is 2.40. The highest BCUT2D eigenvalue weighted by atomic mass is 79.9. The average Bonchev–Trinajstić information content (AvgIpc) is 2.51. The molecule has 0 aromatic heterocycles. The van der Waals surface area contributed by atoms with E-state index in [4.69, 9.17) is 0 Å². The molecule has 0 saturated carbocycles. The molecule has 1 heterocycles. The lowest BCUT2D eigenvalue weighted by molar-refractivity contribution is -0.144. The van der Waals surface area contributed by atoms with Crippen LogP contribution in [0.15, 0.2) is 27.6 Å². The maximum absolute atomic E-state index is 13.0. The summed E-state index contributed by atoms with van der Waals surface area (Å²) in [6, 6.07) is 3.80. The number of ether oxygens (including phenoxy) is 1. The molecular weight excluding hydrogens is 388 g/mol. The second-order valence-electron chi connectivity index (χ2n) is 5.11. The van der Waals surface area contributed by atoms with Crippen LogP contribution in [0.2, 0.25) is 0 Å². The minimum atomic E-state index is -3.92. The van der Waals surface area contributed by atoms with Crippen LogP contribution in [0.4, 0.5) is 0 Å². The summed E-state index contributed by atoms with van der Waals surface area (Å²) >= 11 is 3.25. The van der Waals surface area contributed by atoms with Gasteiger partial charge in [-0.05, 0) is 24.6 Å². The molecule has 1 aromatic rings. The number of methoxy groups -OCH3 is 1. The fourth-order valence-corrected chi connectivity index (χ4v) is 4.75. The van der Waals surface area contributed by atoms with Gasteiger partial charge in [-0.1, -0.05) is 22.0 Å². The number of hydrogen-bond donors (Lipinski definition) is 1. The molecule has 126 valence electrons. The van der Waals surface area contributed by atoms with E-state index in [1.165, 1.54) is 13.2 Å². The van der Waals surface area contributed by atoms with Crippen LogP contribution in [0.3, 0.4) is 0 Å². The molecule has 2 rings (SSSR count). The molecule has 1 aliphatic heterocycles. The fourth-order valence-electron chi connectivity index (χ4n) is 2.40. The Labute approximate surface area is 143 Å². The Morgan fingerprint density at radius 1 is 1.48 bits per heavy atom. The molecule has 1 fully saturated rings. The van der Waals surface area contributed by atoms with Gasteiger partial charge in [0.05, 0.1) is 18.4 Å². The summed E-state index contributed by atoms with van der Waals surface area (Å²) in [5.41, 5.74) is 0.566. The summed E-state index contributed by atoms with van der Waals surface area (Å²) < 4.78 is 32.2.